The molecule has 2 aromatic carbocycles. The standard InChI is InChI=1S/C17H19ClN2O5S/c1-24-13-4-6-14(7-5-13)25-10-9-19-17(21)12-3-8-16(15(18)11-12)20-26(2,22)23/h3-8,11,20H,9-10H2,1-2H3,(H,19,21). The van der Waals surface area contributed by atoms with Gasteiger partial charge in [0.1, 0.15) is 18.1 Å². The van der Waals surface area contributed by atoms with Crippen molar-refractivity contribution in [2.45, 2.75) is 0 Å². The molecule has 0 aliphatic carbocycles. The van der Waals surface area contributed by atoms with Crippen LogP contribution in [0.4, 0.5) is 5.69 Å². The maximum atomic E-state index is 12.1. The number of halogens is 1. The monoisotopic (exact) mass is 398 g/mol. The minimum Gasteiger partial charge on any atom is -0.497 e. The fraction of sp³-hybridized carbons (Fsp3) is 0.235. The number of methoxy groups -OCH3 is 1. The topological polar surface area (TPSA) is 93.7 Å². The molecule has 7 nitrogen and oxygen atoms in total. The highest BCUT2D eigenvalue weighted by molar-refractivity contribution is 7.92. The van der Waals surface area contributed by atoms with Crippen LogP contribution in [0.5, 0.6) is 11.5 Å². The van der Waals surface area contributed by atoms with Gasteiger partial charge in [-0.05, 0) is 42.5 Å². The van der Waals surface area contributed by atoms with E-state index in [1.807, 2.05) is 0 Å². The van der Waals surface area contributed by atoms with Crippen LogP contribution in [-0.4, -0.2) is 40.8 Å². The minimum atomic E-state index is -3.44. The number of carbonyl (C=O) groups is 1. The number of rotatable bonds is 8. The van der Waals surface area contributed by atoms with Crippen molar-refractivity contribution in [3.8, 4) is 11.5 Å². The molecule has 0 bridgehead atoms. The maximum absolute atomic E-state index is 12.1. The van der Waals surface area contributed by atoms with Gasteiger partial charge in [-0.1, -0.05) is 11.6 Å². The molecule has 0 heterocycles. The Balaban J connectivity index is 1.84. The average molecular weight is 399 g/mol. The first kappa shape index (κ1) is 19.9. The Kier molecular flexibility index (Phi) is 6.70. The van der Waals surface area contributed by atoms with Gasteiger partial charge in [0.05, 0.1) is 30.6 Å². The van der Waals surface area contributed by atoms with Gasteiger partial charge in [-0.25, -0.2) is 8.42 Å². The number of sulfonamides is 1. The smallest absolute Gasteiger partial charge is 0.251 e. The molecule has 0 aliphatic rings. The van der Waals surface area contributed by atoms with E-state index in [1.54, 1.807) is 31.4 Å². The number of amides is 1. The molecule has 0 radical (unpaired) electrons. The highest BCUT2D eigenvalue weighted by Crippen LogP contribution is 2.23. The summed E-state index contributed by atoms with van der Waals surface area (Å²) >= 11 is 6.00. The average Bonchev–Trinajstić information content (AvgIpc) is 2.59. The van der Waals surface area contributed by atoms with Gasteiger partial charge in [0, 0.05) is 5.56 Å². The number of anilines is 1. The van der Waals surface area contributed by atoms with Gasteiger partial charge in [-0.15, -0.1) is 0 Å². The predicted octanol–water partition coefficient (Wildman–Crippen LogP) is 2.53. The fourth-order valence-corrected chi connectivity index (χ4v) is 2.91. The summed E-state index contributed by atoms with van der Waals surface area (Å²) in [6, 6.07) is 11.4. The molecule has 0 aliphatic heterocycles. The van der Waals surface area contributed by atoms with Crippen LogP contribution in [0.3, 0.4) is 0 Å². The van der Waals surface area contributed by atoms with Crippen LogP contribution in [0.2, 0.25) is 5.02 Å². The van der Waals surface area contributed by atoms with Gasteiger partial charge in [0.25, 0.3) is 5.91 Å². The van der Waals surface area contributed by atoms with E-state index in [0.717, 1.165) is 12.0 Å². The molecule has 0 fully saturated rings. The molecule has 0 saturated carbocycles. The van der Waals surface area contributed by atoms with E-state index in [9.17, 15) is 13.2 Å². The molecule has 0 saturated heterocycles. The van der Waals surface area contributed by atoms with Crippen molar-refractivity contribution in [3.05, 3.63) is 53.1 Å². The number of hydrogen-bond donors (Lipinski definition) is 2. The summed E-state index contributed by atoms with van der Waals surface area (Å²) in [5, 5.41) is 2.84. The quantitative estimate of drug-likeness (QED) is 0.666. The van der Waals surface area contributed by atoms with Crippen LogP contribution >= 0.6 is 11.6 Å². The van der Waals surface area contributed by atoms with Crippen molar-refractivity contribution in [2.24, 2.45) is 0 Å². The largest absolute Gasteiger partial charge is 0.497 e. The molecule has 0 spiro atoms. The third kappa shape index (κ3) is 6.12. The van der Waals surface area contributed by atoms with Crippen LogP contribution in [0.1, 0.15) is 10.4 Å². The third-order valence-electron chi connectivity index (χ3n) is 3.24. The van der Waals surface area contributed by atoms with Crippen molar-refractivity contribution < 1.29 is 22.7 Å². The van der Waals surface area contributed by atoms with Crippen molar-refractivity contribution in [3.63, 3.8) is 0 Å². The molecule has 2 aromatic rings. The number of ether oxygens (including phenoxy) is 2. The molecule has 0 atom stereocenters. The van der Waals surface area contributed by atoms with Crippen molar-refractivity contribution in [2.75, 3.05) is 31.2 Å². The van der Waals surface area contributed by atoms with Gasteiger partial charge in [0.2, 0.25) is 10.0 Å². The lowest BCUT2D eigenvalue weighted by Gasteiger charge is -2.10. The molecule has 0 unspecified atom stereocenters. The molecule has 140 valence electrons. The molecule has 2 N–H and O–H groups in total. The summed E-state index contributed by atoms with van der Waals surface area (Å²) in [7, 11) is -1.86. The van der Waals surface area contributed by atoms with E-state index in [2.05, 4.69) is 10.0 Å². The van der Waals surface area contributed by atoms with E-state index in [0.29, 0.717) is 24.5 Å². The third-order valence-corrected chi connectivity index (χ3v) is 4.15. The van der Waals surface area contributed by atoms with Crippen LogP contribution in [0.15, 0.2) is 42.5 Å². The van der Waals surface area contributed by atoms with Crippen molar-refractivity contribution in [1.29, 1.82) is 0 Å². The molecule has 1 amide bonds. The van der Waals surface area contributed by atoms with Gasteiger partial charge < -0.3 is 14.8 Å². The maximum Gasteiger partial charge on any atom is 0.251 e. The second-order valence-corrected chi connectivity index (χ2v) is 7.50. The van der Waals surface area contributed by atoms with Crippen LogP contribution in [0, 0.1) is 0 Å². The van der Waals surface area contributed by atoms with E-state index < -0.39 is 10.0 Å². The predicted molar refractivity (Wildman–Crippen MR) is 101 cm³/mol. The molecule has 26 heavy (non-hydrogen) atoms. The summed E-state index contributed by atoms with van der Waals surface area (Å²) in [5.74, 6) is 1.06. The van der Waals surface area contributed by atoms with Crippen LogP contribution in [0.25, 0.3) is 0 Å². The van der Waals surface area contributed by atoms with Gasteiger partial charge in [0.15, 0.2) is 0 Å². The van der Waals surface area contributed by atoms with Crippen LogP contribution < -0.4 is 19.5 Å². The lowest BCUT2D eigenvalue weighted by molar-refractivity contribution is 0.0947. The minimum absolute atomic E-state index is 0.137. The van der Waals surface area contributed by atoms with E-state index >= 15 is 0 Å². The Morgan fingerprint density at radius 2 is 1.77 bits per heavy atom. The van der Waals surface area contributed by atoms with Gasteiger partial charge >= 0.3 is 0 Å². The van der Waals surface area contributed by atoms with Crippen molar-refractivity contribution in [1.82, 2.24) is 5.32 Å². The normalized spacial score (nSPS) is 10.9. The molecule has 9 heteroatoms. The zero-order chi connectivity index (χ0) is 19.2. The fourth-order valence-electron chi connectivity index (χ4n) is 2.05. The summed E-state index contributed by atoms with van der Waals surface area (Å²) in [4.78, 5) is 12.1. The van der Waals surface area contributed by atoms with E-state index in [4.69, 9.17) is 21.1 Å². The summed E-state index contributed by atoms with van der Waals surface area (Å²) in [5.41, 5.74) is 0.534. The zero-order valence-corrected chi connectivity index (χ0v) is 15.9. The Bertz CT molecular complexity index is 869. The highest BCUT2D eigenvalue weighted by Gasteiger charge is 2.11. The Morgan fingerprint density at radius 3 is 2.35 bits per heavy atom. The summed E-state index contributed by atoms with van der Waals surface area (Å²) in [6.07, 6.45) is 1.02. The Hall–Kier alpha value is -2.45. The number of benzene rings is 2. The SMILES string of the molecule is COc1ccc(OCCNC(=O)c2ccc(NS(C)(=O)=O)c(Cl)c2)cc1. The molecular weight excluding hydrogens is 380 g/mol. The lowest BCUT2D eigenvalue weighted by atomic mass is 10.2. The first-order valence-corrected chi connectivity index (χ1v) is 9.88. The van der Waals surface area contributed by atoms with Crippen LogP contribution in [-0.2, 0) is 10.0 Å². The molecular formula is C17H19ClN2O5S. The second kappa shape index (κ2) is 8.77. The zero-order valence-electron chi connectivity index (χ0n) is 14.3. The second-order valence-electron chi connectivity index (χ2n) is 5.35. The Labute approximate surface area is 157 Å². The van der Waals surface area contributed by atoms with E-state index in [1.165, 1.54) is 18.2 Å². The summed E-state index contributed by atoms with van der Waals surface area (Å²) in [6.45, 7) is 0.589. The summed E-state index contributed by atoms with van der Waals surface area (Å²) < 4.78 is 35.3. The number of hydrogen-bond acceptors (Lipinski definition) is 5. The number of nitrogens with one attached hydrogen (secondary N) is 2. The van der Waals surface area contributed by atoms with E-state index in [-0.39, 0.29) is 16.6 Å². The first-order chi connectivity index (χ1) is 12.3. The Morgan fingerprint density at radius 1 is 1.12 bits per heavy atom. The lowest BCUT2D eigenvalue weighted by Crippen LogP contribution is -2.28. The van der Waals surface area contributed by atoms with Gasteiger partial charge in [-0.3, -0.25) is 9.52 Å². The van der Waals surface area contributed by atoms with Gasteiger partial charge in [-0.2, -0.15) is 0 Å². The number of carbonyl (C=O) groups excluding carboxylic acids is 1. The highest BCUT2D eigenvalue weighted by atomic mass is 35.5. The first-order valence-electron chi connectivity index (χ1n) is 7.61. The van der Waals surface area contributed by atoms with Crippen molar-refractivity contribution >= 4 is 33.2 Å². The molecule has 2 rings (SSSR count). The molecule has 0 aromatic heterocycles.